The van der Waals surface area contributed by atoms with E-state index in [4.69, 9.17) is 11.5 Å². The number of para-hydroxylation sites is 1. The van der Waals surface area contributed by atoms with Gasteiger partial charge in [0.05, 0.1) is 5.52 Å². The number of nitrogen functional groups attached to an aromatic ring is 1. The van der Waals surface area contributed by atoms with Crippen LogP contribution in [0.1, 0.15) is 37.2 Å². The molecule has 1 aromatic carbocycles. The first kappa shape index (κ1) is 15.0. The summed E-state index contributed by atoms with van der Waals surface area (Å²) in [7, 11) is 0. The molecule has 1 saturated carbocycles. The molecule has 0 unspecified atom stereocenters. The molecule has 0 radical (unpaired) electrons. The largest absolute Gasteiger partial charge is 0.368 e. The summed E-state index contributed by atoms with van der Waals surface area (Å²) in [5.41, 5.74) is 14.5. The first-order valence-corrected chi connectivity index (χ1v) is 8.39. The van der Waals surface area contributed by atoms with E-state index in [1.165, 1.54) is 0 Å². The predicted octanol–water partition coefficient (Wildman–Crippen LogP) is 2.03. The predicted molar refractivity (Wildman–Crippen MR) is 92.6 cm³/mol. The van der Waals surface area contributed by atoms with Crippen LogP contribution >= 0.6 is 0 Å². The summed E-state index contributed by atoms with van der Waals surface area (Å²) in [6.07, 6.45) is 6.32. The molecule has 0 spiro atoms. The summed E-state index contributed by atoms with van der Waals surface area (Å²) >= 11 is 0. The van der Waals surface area contributed by atoms with E-state index >= 15 is 0 Å². The summed E-state index contributed by atoms with van der Waals surface area (Å²) in [6.45, 7) is 0.769. The third-order valence-electron chi connectivity index (χ3n) is 4.99. The highest BCUT2D eigenvalue weighted by Crippen LogP contribution is 2.37. The number of aromatic nitrogens is 5. The molecule has 4 N–H and O–H groups in total. The van der Waals surface area contributed by atoms with E-state index in [0.717, 1.165) is 54.6 Å². The summed E-state index contributed by atoms with van der Waals surface area (Å²) in [6, 6.07) is 7.85. The Labute approximate surface area is 140 Å². The molecule has 24 heavy (non-hydrogen) atoms. The van der Waals surface area contributed by atoms with Crippen molar-refractivity contribution < 1.29 is 0 Å². The third-order valence-corrected chi connectivity index (χ3v) is 4.99. The van der Waals surface area contributed by atoms with Gasteiger partial charge in [0.2, 0.25) is 5.95 Å². The first-order valence-electron chi connectivity index (χ1n) is 8.39. The van der Waals surface area contributed by atoms with Gasteiger partial charge in [-0.1, -0.05) is 17.3 Å². The van der Waals surface area contributed by atoms with Crippen molar-refractivity contribution in [2.24, 2.45) is 11.7 Å². The summed E-state index contributed by atoms with van der Waals surface area (Å²) in [5, 5.41) is 8.53. The summed E-state index contributed by atoms with van der Waals surface area (Å²) in [5.74, 6) is 2.04. The fourth-order valence-electron chi connectivity index (χ4n) is 3.59. The molecule has 124 valence electrons. The number of hydrogen-bond acceptors (Lipinski definition) is 6. The summed E-state index contributed by atoms with van der Waals surface area (Å²) < 4.78 is 1.78. The normalized spacial score (nSPS) is 21.2. The maximum Gasteiger partial charge on any atom is 0.222 e. The molecule has 2 heterocycles. The molecule has 0 saturated heterocycles. The molecule has 1 fully saturated rings. The van der Waals surface area contributed by atoms with Crippen LogP contribution < -0.4 is 11.5 Å². The van der Waals surface area contributed by atoms with Crippen LogP contribution in [0.2, 0.25) is 0 Å². The number of fused-ring (bicyclic) bond motifs is 1. The number of rotatable bonds is 3. The standard InChI is InChI=1S/C17H21N7/c18-9-11-5-7-12(8-6-11)13-10-20-17(19)21-16(13)24-15-4-2-1-3-14(15)22-23-24/h1-4,10-12H,5-9,18H2,(H2,19,20,21). The average Bonchev–Trinajstić information content (AvgIpc) is 3.06. The van der Waals surface area contributed by atoms with Crippen LogP contribution in [0.3, 0.4) is 0 Å². The Morgan fingerprint density at radius 2 is 1.92 bits per heavy atom. The van der Waals surface area contributed by atoms with Crippen LogP contribution in [0.5, 0.6) is 0 Å². The molecular formula is C17H21N7. The van der Waals surface area contributed by atoms with E-state index in [9.17, 15) is 0 Å². The second kappa shape index (κ2) is 6.16. The Hall–Kier alpha value is -2.54. The van der Waals surface area contributed by atoms with Crippen molar-refractivity contribution in [3.8, 4) is 5.82 Å². The molecule has 2 aromatic heterocycles. The molecule has 7 heteroatoms. The zero-order chi connectivity index (χ0) is 16.5. The van der Waals surface area contributed by atoms with Crippen molar-refractivity contribution in [1.29, 1.82) is 0 Å². The quantitative estimate of drug-likeness (QED) is 0.763. The molecule has 7 nitrogen and oxygen atoms in total. The van der Waals surface area contributed by atoms with E-state index in [2.05, 4.69) is 20.3 Å². The second-order valence-corrected chi connectivity index (χ2v) is 6.45. The molecule has 0 atom stereocenters. The third kappa shape index (κ3) is 2.60. The lowest BCUT2D eigenvalue weighted by atomic mass is 9.79. The monoisotopic (exact) mass is 323 g/mol. The van der Waals surface area contributed by atoms with Crippen LogP contribution in [0.15, 0.2) is 30.5 Å². The van der Waals surface area contributed by atoms with E-state index < -0.39 is 0 Å². The average molecular weight is 323 g/mol. The molecular weight excluding hydrogens is 302 g/mol. The number of nitrogens with two attached hydrogens (primary N) is 2. The Kier molecular flexibility index (Phi) is 3.86. The zero-order valence-electron chi connectivity index (χ0n) is 13.5. The van der Waals surface area contributed by atoms with Gasteiger partial charge in [-0.2, -0.15) is 9.67 Å². The van der Waals surface area contributed by atoms with Crippen molar-refractivity contribution in [3.05, 3.63) is 36.0 Å². The van der Waals surface area contributed by atoms with E-state index in [-0.39, 0.29) is 5.95 Å². The maximum atomic E-state index is 5.85. The van der Waals surface area contributed by atoms with Gasteiger partial charge in [-0.15, -0.1) is 5.10 Å². The number of anilines is 1. The fourth-order valence-corrected chi connectivity index (χ4v) is 3.59. The van der Waals surface area contributed by atoms with Gasteiger partial charge in [0.15, 0.2) is 5.82 Å². The number of hydrogen-bond donors (Lipinski definition) is 2. The van der Waals surface area contributed by atoms with Gasteiger partial charge in [-0.25, -0.2) is 4.98 Å². The van der Waals surface area contributed by atoms with Gasteiger partial charge in [-0.05, 0) is 56.2 Å². The topological polar surface area (TPSA) is 109 Å². The van der Waals surface area contributed by atoms with Crippen molar-refractivity contribution >= 4 is 17.0 Å². The SMILES string of the molecule is NCC1CCC(c2cnc(N)nc2-n2nnc3ccccc32)CC1. The van der Waals surface area contributed by atoms with Gasteiger partial charge in [0.1, 0.15) is 5.52 Å². The molecule has 3 aromatic rings. The number of nitrogens with zero attached hydrogens (tertiary/aromatic N) is 5. The summed E-state index contributed by atoms with van der Waals surface area (Å²) in [4.78, 5) is 8.71. The van der Waals surface area contributed by atoms with Gasteiger partial charge in [0.25, 0.3) is 0 Å². The Bertz CT molecular complexity index is 849. The van der Waals surface area contributed by atoms with Gasteiger partial charge >= 0.3 is 0 Å². The zero-order valence-corrected chi connectivity index (χ0v) is 13.5. The lowest BCUT2D eigenvalue weighted by Crippen LogP contribution is -2.22. The first-order chi connectivity index (χ1) is 11.8. The van der Waals surface area contributed by atoms with E-state index in [1.807, 2.05) is 30.5 Å². The van der Waals surface area contributed by atoms with Crippen LogP contribution in [0.25, 0.3) is 16.9 Å². The lowest BCUT2D eigenvalue weighted by Gasteiger charge is -2.28. The fraction of sp³-hybridized carbons (Fsp3) is 0.412. The molecule has 0 amide bonds. The maximum absolute atomic E-state index is 5.85. The number of benzene rings is 1. The lowest BCUT2D eigenvalue weighted by molar-refractivity contribution is 0.331. The van der Waals surface area contributed by atoms with E-state index in [0.29, 0.717) is 11.8 Å². The second-order valence-electron chi connectivity index (χ2n) is 6.45. The molecule has 1 aliphatic carbocycles. The van der Waals surface area contributed by atoms with Gasteiger partial charge < -0.3 is 11.5 Å². The minimum atomic E-state index is 0.254. The minimum Gasteiger partial charge on any atom is -0.368 e. The van der Waals surface area contributed by atoms with Gasteiger partial charge in [0, 0.05) is 11.8 Å². The van der Waals surface area contributed by atoms with Crippen molar-refractivity contribution in [1.82, 2.24) is 25.0 Å². The van der Waals surface area contributed by atoms with Crippen LogP contribution in [-0.4, -0.2) is 31.5 Å². The van der Waals surface area contributed by atoms with Crippen molar-refractivity contribution in [3.63, 3.8) is 0 Å². The molecule has 1 aliphatic rings. The van der Waals surface area contributed by atoms with Crippen molar-refractivity contribution in [2.75, 3.05) is 12.3 Å². The van der Waals surface area contributed by atoms with Crippen LogP contribution in [-0.2, 0) is 0 Å². The molecule has 4 rings (SSSR count). The molecule has 0 aliphatic heterocycles. The van der Waals surface area contributed by atoms with E-state index in [1.54, 1.807) is 4.68 Å². The molecule has 0 bridgehead atoms. The van der Waals surface area contributed by atoms with Crippen LogP contribution in [0, 0.1) is 5.92 Å². The highest BCUT2D eigenvalue weighted by molar-refractivity contribution is 5.75. The Balaban J connectivity index is 1.77. The Morgan fingerprint density at radius 3 is 2.71 bits per heavy atom. The minimum absolute atomic E-state index is 0.254. The van der Waals surface area contributed by atoms with Gasteiger partial charge in [-0.3, -0.25) is 0 Å². The smallest absolute Gasteiger partial charge is 0.222 e. The van der Waals surface area contributed by atoms with Crippen LogP contribution in [0.4, 0.5) is 5.95 Å². The highest BCUT2D eigenvalue weighted by Gasteiger charge is 2.26. The van der Waals surface area contributed by atoms with Crippen molar-refractivity contribution in [2.45, 2.75) is 31.6 Å². The highest BCUT2D eigenvalue weighted by atomic mass is 15.4. The Morgan fingerprint density at radius 1 is 1.12 bits per heavy atom.